The molecule has 1 fully saturated rings. The largest absolute Gasteiger partial charge is 0.351 e. The van der Waals surface area contributed by atoms with Crippen molar-refractivity contribution < 1.29 is 18.4 Å². The molecule has 4 nitrogen and oxygen atoms in total. The quantitative estimate of drug-likeness (QED) is 0.906. The zero-order valence-electron chi connectivity index (χ0n) is 13.5. The Bertz CT molecular complexity index is 777. The zero-order chi connectivity index (χ0) is 17.8. The first-order chi connectivity index (χ1) is 12.0. The molecule has 0 spiro atoms. The molecule has 2 amide bonds. The van der Waals surface area contributed by atoms with Gasteiger partial charge in [-0.05, 0) is 35.4 Å². The van der Waals surface area contributed by atoms with Crippen LogP contribution < -0.4 is 5.32 Å². The predicted octanol–water partition coefficient (Wildman–Crippen LogP) is 2.42. The van der Waals surface area contributed by atoms with E-state index in [1.165, 1.54) is 24.3 Å². The van der Waals surface area contributed by atoms with E-state index in [-0.39, 0.29) is 42.3 Å². The van der Waals surface area contributed by atoms with Crippen LogP contribution in [0.2, 0.25) is 0 Å². The van der Waals surface area contributed by atoms with Crippen LogP contribution in [0.3, 0.4) is 0 Å². The van der Waals surface area contributed by atoms with Gasteiger partial charge in [-0.2, -0.15) is 0 Å². The van der Waals surface area contributed by atoms with E-state index in [1.54, 1.807) is 29.2 Å². The van der Waals surface area contributed by atoms with Gasteiger partial charge in [-0.25, -0.2) is 8.78 Å². The van der Waals surface area contributed by atoms with E-state index < -0.39 is 0 Å². The molecule has 0 aromatic heterocycles. The summed E-state index contributed by atoms with van der Waals surface area (Å²) in [6, 6.07) is 11.6. The van der Waals surface area contributed by atoms with E-state index in [2.05, 4.69) is 5.32 Å². The third kappa shape index (κ3) is 4.62. The fourth-order valence-electron chi connectivity index (χ4n) is 2.94. The van der Waals surface area contributed by atoms with E-state index in [9.17, 15) is 18.4 Å². The molecule has 0 saturated carbocycles. The Morgan fingerprint density at radius 1 is 1.08 bits per heavy atom. The van der Waals surface area contributed by atoms with Gasteiger partial charge in [0.15, 0.2) is 0 Å². The molecule has 2 aromatic rings. The number of benzene rings is 2. The number of hydrogen-bond donors (Lipinski definition) is 1. The highest BCUT2D eigenvalue weighted by atomic mass is 19.1. The third-order valence-corrected chi connectivity index (χ3v) is 4.12. The lowest BCUT2D eigenvalue weighted by atomic mass is 10.1. The molecule has 1 heterocycles. The maximum absolute atomic E-state index is 13.2. The molecule has 3 rings (SSSR count). The highest BCUT2D eigenvalue weighted by Gasteiger charge is 2.30. The van der Waals surface area contributed by atoms with E-state index in [4.69, 9.17) is 0 Å². The standard InChI is InChI=1S/C19H18F2N2O2/c20-15-6-4-13(5-7-15)11-23-12-17(10-19(23)25)22-18(24)9-14-2-1-3-16(21)8-14/h1-8,17H,9-12H2,(H,22,24)/t17-/m1/s1. The van der Waals surface area contributed by atoms with E-state index in [1.807, 2.05) is 0 Å². The van der Waals surface area contributed by atoms with Crippen LogP contribution in [0.5, 0.6) is 0 Å². The molecular formula is C19H18F2N2O2. The van der Waals surface area contributed by atoms with Crippen molar-refractivity contribution in [1.82, 2.24) is 10.2 Å². The maximum Gasteiger partial charge on any atom is 0.225 e. The van der Waals surface area contributed by atoms with E-state index in [0.717, 1.165) is 5.56 Å². The Labute approximate surface area is 144 Å². The minimum Gasteiger partial charge on any atom is -0.351 e. The Hall–Kier alpha value is -2.76. The second kappa shape index (κ2) is 7.42. The van der Waals surface area contributed by atoms with Crippen LogP contribution in [0.1, 0.15) is 17.5 Å². The molecule has 1 saturated heterocycles. The van der Waals surface area contributed by atoms with Crippen molar-refractivity contribution >= 4 is 11.8 Å². The second-order valence-electron chi connectivity index (χ2n) is 6.18. The number of nitrogens with one attached hydrogen (secondary N) is 1. The molecule has 130 valence electrons. The lowest BCUT2D eigenvalue weighted by Gasteiger charge is -2.17. The van der Waals surface area contributed by atoms with Crippen LogP contribution in [-0.4, -0.2) is 29.3 Å². The summed E-state index contributed by atoms with van der Waals surface area (Å²) < 4.78 is 26.1. The lowest BCUT2D eigenvalue weighted by Crippen LogP contribution is -2.37. The lowest BCUT2D eigenvalue weighted by molar-refractivity contribution is -0.128. The molecule has 0 aliphatic carbocycles. The summed E-state index contributed by atoms with van der Waals surface area (Å²) in [6.45, 7) is 0.792. The fourth-order valence-corrected chi connectivity index (χ4v) is 2.94. The third-order valence-electron chi connectivity index (χ3n) is 4.12. The molecule has 1 aliphatic rings. The molecule has 2 aromatic carbocycles. The van der Waals surface area contributed by atoms with Gasteiger partial charge in [0.2, 0.25) is 11.8 Å². The van der Waals surface area contributed by atoms with Crippen LogP contribution >= 0.6 is 0 Å². The van der Waals surface area contributed by atoms with Gasteiger partial charge >= 0.3 is 0 Å². The number of amides is 2. The van der Waals surface area contributed by atoms with E-state index >= 15 is 0 Å². The van der Waals surface area contributed by atoms with E-state index in [0.29, 0.717) is 18.7 Å². The van der Waals surface area contributed by atoms with Gasteiger partial charge in [0.25, 0.3) is 0 Å². The molecule has 1 aliphatic heterocycles. The molecule has 0 radical (unpaired) electrons. The summed E-state index contributed by atoms with van der Waals surface area (Å²) in [5, 5.41) is 2.82. The summed E-state index contributed by atoms with van der Waals surface area (Å²) in [5.41, 5.74) is 1.42. The van der Waals surface area contributed by atoms with Gasteiger partial charge in [0.1, 0.15) is 11.6 Å². The van der Waals surface area contributed by atoms with Crippen molar-refractivity contribution in [2.75, 3.05) is 6.54 Å². The Balaban J connectivity index is 1.53. The zero-order valence-corrected chi connectivity index (χ0v) is 13.5. The first-order valence-corrected chi connectivity index (χ1v) is 8.05. The van der Waals surface area contributed by atoms with Crippen molar-refractivity contribution in [1.29, 1.82) is 0 Å². The molecule has 0 bridgehead atoms. The van der Waals surface area contributed by atoms with Gasteiger partial charge in [0, 0.05) is 19.5 Å². The van der Waals surface area contributed by atoms with Crippen molar-refractivity contribution in [3.8, 4) is 0 Å². The average molecular weight is 344 g/mol. The number of likely N-dealkylation sites (tertiary alicyclic amines) is 1. The average Bonchev–Trinajstić information content (AvgIpc) is 2.88. The van der Waals surface area contributed by atoms with Crippen LogP contribution in [0.15, 0.2) is 48.5 Å². The van der Waals surface area contributed by atoms with Crippen molar-refractivity contribution in [2.24, 2.45) is 0 Å². The first-order valence-electron chi connectivity index (χ1n) is 8.05. The highest BCUT2D eigenvalue weighted by Crippen LogP contribution is 2.16. The number of rotatable bonds is 5. The van der Waals surface area contributed by atoms with Gasteiger partial charge in [0.05, 0.1) is 12.5 Å². The number of nitrogens with zero attached hydrogens (tertiary/aromatic N) is 1. The Morgan fingerprint density at radius 3 is 2.56 bits per heavy atom. The monoisotopic (exact) mass is 344 g/mol. The number of carbonyl (C=O) groups is 2. The number of carbonyl (C=O) groups excluding carboxylic acids is 2. The minimum atomic E-state index is -0.383. The minimum absolute atomic E-state index is 0.0552. The summed E-state index contributed by atoms with van der Waals surface area (Å²) in [4.78, 5) is 25.8. The van der Waals surface area contributed by atoms with Crippen LogP contribution in [-0.2, 0) is 22.6 Å². The predicted molar refractivity (Wildman–Crippen MR) is 88.5 cm³/mol. The SMILES string of the molecule is O=C(Cc1cccc(F)c1)N[C@@H]1CC(=O)N(Cc2ccc(F)cc2)C1. The summed E-state index contributed by atoms with van der Waals surface area (Å²) in [6.07, 6.45) is 0.302. The molecular weight excluding hydrogens is 326 g/mol. The maximum atomic E-state index is 13.2. The normalized spacial score (nSPS) is 17.0. The topological polar surface area (TPSA) is 49.4 Å². The summed E-state index contributed by atoms with van der Waals surface area (Å²) in [5.74, 6) is -1.00. The number of hydrogen-bond acceptors (Lipinski definition) is 2. The molecule has 25 heavy (non-hydrogen) atoms. The second-order valence-corrected chi connectivity index (χ2v) is 6.18. The van der Waals surface area contributed by atoms with Gasteiger partial charge in [-0.1, -0.05) is 24.3 Å². The molecule has 6 heteroatoms. The van der Waals surface area contributed by atoms with Crippen molar-refractivity contribution in [3.05, 3.63) is 71.3 Å². The van der Waals surface area contributed by atoms with Crippen molar-refractivity contribution in [3.63, 3.8) is 0 Å². The highest BCUT2D eigenvalue weighted by molar-refractivity contribution is 5.83. The molecule has 0 unspecified atom stereocenters. The molecule has 1 atom stereocenters. The fraction of sp³-hybridized carbons (Fsp3) is 0.263. The van der Waals surface area contributed by atoms with Crippen LogP contribution in [0.4, 0.5) is 8.78 Å². The Kier molecular flexibility index (Phi) is 5.07. The number of halogens is 2. The van der Waals surface area contributed by atoms with Gasteiger partial charge < -0.3 is 10.2 Å². The first kappa shape index (κ1) is 17.1. The van der Waals surface area contributed by atoms with Gasteiger partial charge in [-0.3, -0.25) is 9.59 Å². The van der Waals surface area contributed by atoms with Crippen LogP contribution in [0, 0.1) is 11.6 Å². The summed E-state index contributed by atoms with van der Waals surface area (Å²) in [7, 11) is 0. The van der Waals surface area contributed by atoms with Crippen molar-refractivity contribution in [2.45, 2.75) is 25.4 Å². The Morgan fingerprint density at radius 2 is 1.84 bits per heavy atom. The molecule has 1 N–H and O–H groups in total. The van der Waals surface area contributed by atoms with Gasteiger partial charge in [-0.15, -0.1) is 0 Å². The summed E-state index contributed by atoms with van der Waals surface area (Å²) >= 11 is 0. The van der Waals surface area contributed by atoms with Crippen LogP contribution in [0.25, 0.3) is 0 Å². The smallest absolute Gasteiger partial charge is 0.225 e.